The Hall–Kier alpha value is -2.22. The number of imide groups is 1. The summed E-state index contributed by atoms with van der Waals surface area (Å²) in [6.45, 7) is 1.63. The molecule has 0 unspecified atom stereocenters. The quantitative estimate of drug-likeness (QED) is 0.658. The van der Waals surface area contributed by atoms with E-state index in [1.165, 1.54) is 4.90 Å². The van der Waals surface area contributed by atoms with Crippen LogP contribution in [0.4, 0.5) is 0 Å². The van der Waals surface area contributed by atoms with Crippen molar-refractivity contribution in [1.29, 1.82) is 0 Å². The van der Waals surface area contributed by atoms with E-state index in [0.29, 0.717) is 30.6 Å². The highest BCUT2D eigenvalue weighted by atomic mass is 79.9. The Morgan fingerprint density at radius 1 is 1.03 bits per heavy atom. The number of hydrogen-bond donors (Lipinski definition) is 1. The minimum absolute atomic E-state index is 0.0728. The van der Waals surface area contributed by atoms with Crippen LogP contribution in [0.25, 0.3) is 0 Å². The number of halogens is 1. The first-order valence-electron chi connectivity index (χ1n) is 10.2. The van der Waals surface area contributed by atoms with E-state index in [1.807, 2.05) is 4.90 Å². The van der Waals surface area contributed by atoms with Gasteiger partial charge in [-0.15, -0.1) is 0 Å². The molecular formula is C21H24BrN3O4. The van der Waals surface area contributed by atoms with Crippen LogP contribution < -0.4 is 5.32 Å². The Balaban J connectivity index is 1.19. The maximum absolute atomic E-state index is 12.4. The van der Waals surface area contributed by atoms with Crippen LogP contribution in [0.2, 0.25) is 0 Å². The minimum atomic E-state index is -0.306. The zero-order chi connectivity index (χ0) is 20.5. The van der Waals surface area contributed by atoms with E-state index in [4.69, 9.17) is 0 Å². The number of likely N-dealkylation sites (tertiary alicyclic amines) is 1. The van der Waals surface area contributed by atoms with Crippen molar-refractivity contribution < 1.29 is 19.2 Å². The molecule has 1 N–H and O–H groups in total. The zero-order valence-electron chi connectivity index (χ0n) is 16.2. The Morgan fingerprint density at radius 2 is 1.72 bits per heavy atom. The van der Waals surface area contributed by atoms with E-state index < -0.39 is 0 Å². The maximum atomic E-state index is 12.4. The molecule has 4 amide bonds. The van der Waals surface area contributed by atoms with Crippen molar-refractivity contribution >= 4 is 39.6 Å². The van der Waals surface area contributed by atoms with Crippen molar-refractivity contribution in [2.75, 3.05) is 19.6 Å². The van der Waals surface area contributed by atoms with E-state index in [2.05, 4.69) is 21.2 Å². The molecule has 1 aromatic carbocycles. The van der Waals surface area contributed by atoms with Crippen molar-refractivity contribution in [3.63, 3.8) is 0 Å². The molecule has 7 nitrogen and oxygen atoms in total. The molecule has 3 aliphatic rings. The average molecular weight is 462 g/mol. The van der Waals surface area contributed by atoms with Crippen molar-refractivity contribution in [2.24, 2.45) is 5.92 Å². The van der Waals surface area contributed by atoms with E-state index in [9.17, 15) is 19.2 Å². The normalized spacial score (nSPS) is 19.5. The smallest absolute Gasteiger partial charge is 0.261 e. The van der Waals surface area contributed by atoms with Gasteiger partial charge in [0, 0.05) is 42.5 Å². The number of piperidine rings is 1. The lowest BCUT2D eigenvalue weighted by atomic mass is 10.0. The lowest BCUT2D eigenvalue weighted by Crippen LogP contribution is -2.47. The largest absolute Gasteiger partial charge is 0.353 e. The predicted molar refractivity (Wildman–Crippen MR) is 109 cm³/mol. The van der Waals surface area contributed by atoms with Gasteiger partial charge >= 0.3 is 0 Å². The van der Waals surface area contributed by atoms with Gasteiger partial charge in [0.15, 0.2) is 0 Å². The summed E-state index contributed by atoms with van der Waals surface area (Å²) in [6, 6.07) is 5.13. The molecule has 1 saturated heterocycles. The van der Waals surface area contributed by atoms with Crippen LogP contribution in [-0.4, -0.2) is 59.1 Å². The first kappa shape index (κ1) is 20.1. The minimum Gasteiger partial charge on any atom is -0.353 e. The van der Waals surface area contributed by atoms with Crippen LogP contribution in [0, 0.1) is 5.92 Å². The Bertz CT molecular complexity index is 859. The van der Waals surface area contributed by atoms with Crippen molar-refractivity contribution in [3.8, 4) is 0 Å². The zero-order valence-corrected chi connectivity index (χ0v) is 17.7. The second-order valence-corrected chi connectivity index (χ2v) is 8.91. The Kier molecular flexibility index (Phi) is 5.72. The van der Waals surface area contributed by atoms with Crippen molar-refractivity contribution in [1.82, 2.24) is 15.1 Å². The van der Waals surface area contributed by atoms with Gasteiger partial charge in [0.25, 0.3) is 11.8 Å². The van der Waals surface area contributed by atoms with Crippen LogP contribution >= 0.6 is 15.9 Å². The van der Waals surface area contributed by atoms with E-state index in [-0.39, 0.29) is 48.6 Å². The highest BCUT2D eigenvalue weighted by Gasteiger charge is 2.36. The standard InChI is InChI=1S/C21H24BrN3O4/c22-14-5-6-16-17(12-14)21(29)25(20(16)28)9-1-2-18(26)23-15-7-10-24(11-8-15)19(27)13-3-4-13/h5-6,12-13,15H,1-4,7-11H2,(H,23,26). The van der Waals surface area contributed by atoms with Gasteiger partial charge in [0.2, 0.25) is 11.8 Å². The Morgan fingerprint density at radius 3 is 2.41 bits per heavy atom. The molecule has 2 aliphatic heterocycles. The van der Waals surface area contributed by atoms with E-state index >= 15 is 0 Å². The SMILES string of the molecule is O=C(CCCN1C(=O)c2ccc(Br)cc2C1=O)NC1CCN(C(=O)C2CC2)CC1. The number of fused-ring (bicyclic) bond motifs is 1. The van der Waals surface area contributed by atoms with Crippen LogP contribution in [-0.2, 0) is 9.59 Å². The fraction of sp³-hybridized carbons (Fsp3) is 0.524. The van der Waals surface area contributed by atoms with Crippen molar-refractivity contribution in [3.05, 3.63) is 33.8 Å². The number of benzene rings is 1. The van der Waals surface area contributed by atoms with Gasteiger partial charge in [-0.25, -0.2) is 0 Å². The molecule has 0 radical (unpaired) electrons. The summed E-state index contributed by atoms with van der Waals surface area (Å²) in [5.41, 5.74) is 0.816. The predicted octanol–water partition coefficient (Wildman–Crippen LogP) is 2.34. The molecule has 0 spiro atoms. The summed E-state index contributed by atoms with van der Waals surface area (Å²) in [6.07, 6.45) is 4.27. The number of nitrogens with zero attached hydrogens (tertiary/aromatic N) is 2. The highest BCUT2D eigenvalue weighted by Crippen LogP contribution is 2.32. The molecule has 2 fully saturated rings. The van der Waals surface area contributed by atoms with Gasteiger partial charge in [-0.2, -0.15) is 0 Å². The fourth-order valence-corrected chi connectivity index (χ4v) is 4.36. The first-order valence-corrected chi connectivity index (χ1v) is 11.0. The molecule has 1 aromatic rings. The molecule has 8 heteroatoms. The molecule has 0 bridgehead atoms. The molecule has 0 atom stereocenters. The molecule has 29 heavy (non-hydrogen) atoms. The molecule has 4 rings (SSSR count). The average Bonchev–Trinajstić information content (AvgIpc) is 3.52. The van der Waals surface area contributed by atoms with Crippen LogP contribution in [0.5, 0.6) is 0 Å². The number of hydrogen-bond acceptors (Lipinski definition) is 4. The number of amides is 4. The van der Waals surface area contributed by atoms with Gasteiger partial charge in [-0.3, -0.25) is 24.1 Å². The third-order valence-electron chi connectivity index (χ3n) is 5.82. The molecule has 1 aliphatic carbocycles. The Labute approximate surface area is 177 Å². The fourth-order valence-electron chi connectivity index (χ4n) is 4.00. The summed E-state index contributed by atoms with van der Waals surface area (Å²) < 4.78 is 0.753. The van der Waals surface area contributed by atoms with Crippen LogP contribution in [0.15, 0.2) is 22.7 Å². The van der Waals surface area contributed by atoms with Crippen molar-refractivity contribution in [2.45, 2.75) is 44.6 Å². The molecule has 2 heterocycles. The molecule has 0 aromatic heterocycles. The molecule has 1 saturated carbocycles. The van der Waals surface area contributed by atoms with Gasteiger partial charge < -0.3 is 10.2 Å². The summed E-state index contributed by atoms with van der Waals surface area (Å²) in [5, 5.41) is 3.02. The first-order chi connectivity index (χ1) is 13.9. The van der Waals surface area contributed by atoms with Gasteiger partial charge in [-0.05, 0) is 50.3 Å². The lowest BCUT2D eigenvalue weighted by molar-refractivity contribution is -0.133. The van der Waals surface area contributed by atoms with Crippen LogP contribution in [0.3, 0.4) is 0 Å². The van der Waals surface area contributed by atoms with Gasteiger partial charge in [0.05, 0.1) is 11.1 Å². The third kappa shape index (κ3) is 4.37. The number of nitrogens with one attached hydrogen (secondary N) is 1. The maximum Gasteiger partial charge on any atom is 0.261 e. The summed E-state index contributed by atoms with van der Waals surface area (Å²) in [4.78, 5) is 52.3. The lowest BCUT2D eigenvalue weighted by Gasteiger charge is -2.32. The number of carbonyl (C=O) groups excluding carboxylic acids is 4. The summed E-state index contributed by atoms with van der Waals surface area (Å²) in [5.74, 6) is -0.173. The van der Waals surface area contributed by atoms with E-state index in [1.54, 1.807) is 18.2 Å². The second-order valence-electron chi connectivity index (χ2n) is 8.00. The van der Waals surface area contributed by atoms with Crippen LogP contribution in [0.1, 0.15) is 59.2 Å². The summed E-state index contributed by atoms with van der Waals surface area (Å²) >= 11 is 3.32. The van der Waals surface area contributed by atoms with E-state index in [0.717, 1.165) is 30.2 Å². The monoisotopic (exact) mass is 461 g/mol. The number of carbonyl (C=O) groups is 4. The number of rotatable bonds is 6. The van der Waals surface area contributed by atoms with Gasteiger partial charge in [0.1, 0.15) is 0 Å². The van der Waals surface area contributed by atoms with Gasteiger partial charge in [-0.1, -0.05) is 15.9 Å². The topological polar surface area (TPSA) is 86.8 Å². The third-order valence-corrected chi connectivity index (χ3v) is 6.31. The second kappa shape index (κ2) is 8.26. The summed E-state index contributed by atoms with van der Waals surface area (Å²) in [7, 11) is 0. The molecule has 154 valence electrons. The highest BCUT2D eigenvalue weighted by molar-refractivity contribution is 9.10. The molecular weight excluding hydrogens is 438 g/mol.